The van der Waals surface area contributed by atoms with Crippen LogP contribution in [0.25, 0.3) is 0 Å². The van der Waals surface area contributed by atoms with Gasteiger partial charge in [-0.2, -0.15) is 13.2 Å². The number of hydrogen-bond donors (Lipinski definition) is 0. The molecule has 5 nitrogen and oxygen atoms in total. The van der Waals surface area contributed by atoms with Crippen molar-refractivity contribution in [1.82, 2.24) is 0 Å². The maximum absolute atomic E-state index is 12.8. The summed E-state index contributed by atoms with van der Waals surface area (Å²) in [7, 11) is 0. The zero-order valence-corrected chi connectivity index (χ0v) is 10.7. The number of nitro benzene ring substituents is 1. The quantitative estimate of drug-likeness (QED) is 0.621. The molecule has 1 heterocycles. The summed E-state index contributed by atoms with van der Waals surface area (Å²) in [6.45, 7) is 2.77. The van der Waals surface area contributed by atoms with Crippen LogP contribution in [0.2, 0.25) is 0 Å². The molecule has 0 spiro atoms. The Hall–Kier alpha value is -1.83. The minimum absolute atomic E-state index is 0.212. The lowest BCUT2D eigenvalue weighted by molar-refractivity contribution is -0.384. The highest BCUT2D eigenvalue weighted by Gasteiger charge is 2.37. The minimum Gasteiger partial charge on any atom is -0.378 e. The van der Waals surface area contributed by atoms with Crippen molar-refractivity contribution in [2.45, 2.75) is 13.1 Å². The molecule has 1 aliphatic heterocycles. The summed E-state index contributed by atoms with van der Waals surface area (Å²) in [6.07, 6.45) is -4.60. The molecule has 2 rings (SSSR count). The largest absolute Gasteiger partial charge is 0.416 e. The summed E-state index contributed by atoms with van der Waals surface area (Å²) in [6, 6.07) is 2.06. The molecule has 0 saturated carbocycles. The highest BCUT2D eigenvalue weighted by Crippen LogP contribution is 2.40. The van der Waals surface area contributed by atoms with Crippen LogP contribution in [0.4, 0.5) is 24.5 Å². The lowest BCUT2D eigenvalue weighted by Gasteiger charge is -2.29. The van der Waals surface area contributed by atoms with Crippen molar-refractivity contribution in [3.8, 4) is 0 Å². The Labute approximate surface area is 113 Å². The number of morpholine rings is 1. The van der Waals surface area contributed by atoms with Crippen LogP contribution >= 0.6 is 0 Å². The van der Waals surface area contributed by atoms with E-state index >= 15 is 0 Å². The van der Waals surface area contributed by atoms with E-state index in [1.165, 1.54) is 6.07 Å². The number of rotatable bonds is 2. The fourth-order valence-electron chi connectivity index (χ4n) is 2.28. The highest BCUT2D eigenvalue weighted by molar-refractivity contribution is 5.69. The van der Waals surface area contributed by atoms with E-state index in [0.29, 0.717) is 26.3 Å². The van der Waals surface area contributed by atoms with Crippen molar-refractivity contribution in [2.75, 3.05) is 31.2 Å². The van der Waals surface area contributed by atoms with Gasteiger partial charge in [-0.3, -0.25) is 10.1 Å². The van der Waals surface area contributed by atoms with Crippen LogP contribution in [0, 0.1) is 17.0 Å². The molecule has 1 aliphatic rings. The third-order valence-electron chi connectivity index (χ3n) is 3.25. The van der Waals surface area contributed by atoms with Crippen molar-refractivity contribution in [3.05, 3.63) is 33.4 Å². The van der Waals surface area contributed by atoms with Crippen molar-refractivity contribution < 1.29 is 22.8 Å². The van der Waals surface area contributed by atoms with Crippen molar-refractivity contribution >= 4 is 11.4 Å². The molecule has 20 heavy (non-hydrogen) atoms. The smallest absolute Gasteiger partial charge is 0.378 e. The summed E-state index contributed by atoms with van der Waals surface area (Å²) in [5, 5.41) is 11.1. The number of nitrogens with zero attached hydrogens (tertiary/aromatic N) is 2. The first-order valence-electron chi connectivity index (χ1n) is 6.00. The average molecular weight is 290 g/mol. The molecule has 1 aromatic carbocycles. The molecule has 0 aliphatic carbocycles. The lowest BCUT2D eigenvalue weighted by Crippen LogP contribution is -2.36. The van der Waals surface area contributed by atoms with E-state index in [-0.39, 0.29) is 11.3 Å². The van der Waals surface area contributed by atoms with E-state index in [1.807, 2.05) is 0 Å². The molecule has 1 fully saturated rings. The van der Waals surface area contributed by atoms with Gasteiger partial charge in [0.15, 0.2) is 0 Å². The van der Waals surface area contributed by atoms with Crippen molar-refractivity contribution in [2.24, 2.45) is 0 Å². The molecule has 0 aromatic heterocycles. The van der Waals surface area contributed by atoms with Gasteiger partial charge in [0.25, 0.3) is 5.69 Å². The summed E-state index contributed by atoms with van der Waals surface area (Å²) in [5.41, 5.74) is -1.60. The average Bonchev–Trinajstić information content (AvgIpc) is 2.37. The Morgan fingerprint density at radius 2 is 1.90 bits per heavy atom. The van der Waals surface area contributed by atoms with Crippen LogP contribution in [0.1, 0.15) is 11.1 Å². The second-order valence-corrected chi connectivity index (χ2v) is 4.46. The van der Waals surface area contributed by atoms with Gasteiger partial charge in [-0.15, -0.1) is 0 Å². The predicted octanol–water partition coefficient (Wildman–Crippen LogP) is 2.76. The van der Waals surface area contributed by atoms with Crippen LogP contribution < -0.4 is 4.90 Å². The van der Waals surface area contributed by atoms with Gasteiger partial charge in [0.05, 0.1) is 23.7 Å². The van der Waals surface area contributed by atoms with Gasteiger partial charge in [-0.1, -0.05) is 0 Å². The SMILES string of the molecule is Cc1c(C(F)(F)F)ccc(N2CCOCC2)c1[N+](=O)[O-]. The standard InChI is InChI=1S/C12H13F3N2O3/c1-8-9(12(13,14)15)2-3-10(11(8)17(18)19)16-4-6-20-7-5-16/h2-3H,4-7H2,1H3. The third-order valence-corrected chi connectivity index (χ3v) is 3.25. The van der Waals surface area contributed by atoms with Crippen LogP contribution in [0.15, 0.2) is 12.1 Å². The molecule has 0 radical (unpaired) electrons. The number of anilines is 1. The number of halogens is 3. The molecule has 0 atom stereocenters. The van der Waals surface area contributed by atoms with Gasteiger partial charge in [-0.25, -0.2) is 0 Å². The summed E-state index contributed by atoms with van der Waals surface area (Å²) in [4.78, 5) is 12.1. The fraction of sp³-hybridized carbons (Fsp3) is 0.500. The molecular weight excluding hydrogens is 277 g/mol. The topological polar surface area (TPSA) is 55.6 Å². The zero-order chi connectivity index (χ0) is 14.9. The molecule has 0 N–H and O–H groups in total. The molecule has 0 amide bonds. The molecule has 0 bridgehead atoms. The van der Waals surface area contributed by atoms with Gasteiger partial charge in [0, 0.05) is 18.7 Å². The van der Waals surface area contributed by atoms with E-state index in [9.17, 15) is 23.3 Å². The van der Waals surface area contributed by atoms with Crippen LogP contribution in [0.5, 0.6) is 0 Å². The second kappa shape index (κ2) is 5.28. The second-order valence-electron chi connectivity index (χ2n) is 4.46. The molecule has 0 unspecified atom stereocenters. The van der Waals surface area contributed by atoms with Crippen LogP contribution in [-0.4, -0.2) is 31.2 Å². The van der Waals surface area contributed by atoms with Gasteiger partial charge in [0.1, 0.15) is 5.69 Å². The maximum Gasteiger partial charge on any atom is 0.416 e. The lowest BCUT2D eigenvalue weighted by atomic mass is 10.0. The molecule has 8 heteroatoms. The van der Waals surface area contributed by atoms with E-state index in [2.05, 4.69) is 0 Å². The number of alkyl halides is 3. The van der Waals surface area contributed by atoms with E-state index < -0.39 is 22.4 Å². The normalized spacial score (nSPS) is 16.3. The first-order chi connectivity index (χ1) is 9.32. The minimum atomic E-state index is -4.60. The van der Waals surface area contributed by atoms with Crippen molar-refractivity contribution in [3.63, 3.8) is 0 Å². The predicted molar refractivity (Wildman–Crippen MR) is 65.9 cm³/mol. The van der Waals surface area contributed by atoms with Crippen molar-refractivity contribution in [1.29, 1.82) is 0 Å². The van der Waals surface area contributed by atoms with E-state index in [0.717, 1.165) is 13.0 Å². The number of ether oxygens (including phenoxy) is 1. The number of nitro groups is 1. The van der Waals surface area contributed by atoms with Crippen LogP contribution in [-0.2, 0) is 10.9 Å². The maximum atomic E-state index is 12.8. The monoisotopic (exact) mass is 290 g/mol. The van der Waals surface area contributed by atoms with Gasteiger partial charge >= 0.3 is 6.18 Å². The molecule has 1 saturated heterocycles. The first-order valence-corrected chi connectivity index (χ1v) is 6.00. The molecule has 110 valence electrons. The third kappa shape index (κ3) is 2.69. The Bertz CT molecular complexity index is 525. The van der Waals surface area contributed by atoms with E-state index in [1.54, 1.807) is 4.90 Å². The van der Waals surface area contributed by atoms with E-state index in [4.69, 9.17) is 4.74 Å². The van der Waals surface area contributed by atoms with Crippen LogP contribution in [0.3, 0.4) is 0 Å². The summed E-state index contributed by atoms with van der Waals surface area (Å²) < 4.78 is 43.6. The Morgan fingerprint density at radius 1 is 1.30 bits per heavy atom. The van der Waals surface area contributed by atoms with Gasteiger partial charge < -0.3 is 9.64 Å². The number of hydrogen-bond acceptors (Lipinski definition) is 4. The molecule has 1 aromatic rings. The summed E-state index contributed by atoms with van der Waals surface area (Å²) >= 11 is 0. The van der Waals surface area contributed by atoms with Gasteiger partial charge in [-0.05, 0) is 19.1 Å². The Morgan fingerprint density at radius 3 is 2.40 bits per heavy atom. The molecular formula is C12H13F3N2O3. The number of benzene rings is 1. The first kappa shape index (κ1) is 14.6. The highest BCUT2D eigenvalue weighted by atomic mass is 19.4. The zero-order valence-electron chi connectivity index (χ0n) is 10.7. The summed E-state index contributed by atoms with van der Waals surface area (Å²) in [5.74, 6) is 0. The Kier molecular flexibility index (Phi) is 3.85. The Balaban J connectivity index is 2.53. The fourth-order valence-corrected chi connectivity index (χ4v) is 2.28. The van der Waals surface area contributed by atoms with Gasteiger partial charge in [0.2, 0.25) is 0 Å².